The van der Waals surface area contributed by atoms with Gasteiger partial charge in [-0.2, -0.15) is 0 Å². The quantitative estimate of drug-likeness (QED) is 0.654. The van der Waals surface area contributed by atoms with E-state index < -0.39 is 0 Å². The van der Waals surface area contributed by atoms with Gasteiger partial charge in [-0.15, -0.1) is 0 Å². The van der Waals surface area contributed by atoms with Gasteiger partial charge in [0.15, 0.2) is 0 Å². The van der Waals surface area contributed by atoms with Crippen molar-refractivity contribution in [1.29, 1.82) is 0 Å². The fraction of sp³-hybridized carbons (Fsp3) is 0.900. The summed E-state index contributed by atoms with van der Waals surface area (Å²) < 4.78 is 0. The largest absolute Gasteiger partial charge is 0.307 e. The summed E-state index contributed by atoms with van der Waals surface area (Å²) >= 11 is 0. The Morgan fingerprint density at radius 2 is 1.83 bits per heavy atom. The molecule has 0 atom stereocenters. The number of carbonyl (C=O) groups is 1. The molecule has 1 aliphatic carbocycles. The minimum Gasteiger partial charge on any atom is -0.307 e. The van der Waals surface area contributed by atoms with Gasteiger partial charge < -0.3 is 5.32 Å². The summed E-state index contributed by atoms with van der Waals surface area (Å²) in [7, 11) is 0. The van der Waals surface area contributed by atoms with E-state index in [4.69, 9.17) is 0 Å². The van der Waals surface area contributed by atoms with E-state index in [1.165, 1.54) is 38.5 Å². The summed E-state index contributed by atoms with van der Waals surface area (Å²) in [5.41, 5.74) is 0. The number of nitrogens with one attached hydrogen (secondary N) is 1. The molecule has 0 saturated heterocycles. The molecule has 0 radical (unpaired) electrons. The Balaban J connectivity index is 2.16. The van der Waals surface area contributed by atoms with Crippen LogP contribution in [0.4, 0.5) is 0 Å². The Labute approximate surface area is 74.7 Å². The van der Waals surface area contributed by atoms with E-state index in [-0.39, 0.29) is 5.78 Å². The third kappa shape index (κ3) is 3.86. The number of Topliss-reactive ketones (excluding diaryl/α,β-unsaturated/α-hetero) is 1. The molecular weight excluding hydrogens is 150 g/mol. The van der Waals surface area contributed by atoms with Gasteiger partial charge in [-0.25, -0.2) is 0 Å². The molecule has 0 aromatic heterocycles. The lowest BCUT2D eigenvalue weighted by molar-refractivity contribution is -0.116. The topological polar surface area (TPSA) is 29.1 Å². The van der Waals surface area contributed by atoms with Crippen molar-refractivity contribution < 1.29 is 4.79 Å². The summed E-state index contributed by atoms with van der Waals surface area (Å²) in [6, 6.07) is 0.608. The first-order valence-electron chi connectivity index (χ1n) is 5.02. The van der Waals surface area contributed by atoms with Crippen LogP contribution in [0.5, 0.6) is 0 Å². The average molecular weight is 169 g/mol. The van der Waals surface area contributed by atoms with E-state index in [1.54, 1.807) is 6.92 Å². The number of hydrogen-bond donors (Lipinski definition) is 1. The molecule has 2 nitrogen and oxygen atoms in total. The number of ketones is 1. The first-order valence-corrected chi connectivity index (χ1v) is 5.02. The molecular formula is C10H19NO. The van der Waals surface area contributed by atoms with Crippen molar-refractivity contribution in [3.05, 3.63) is 0 Å². The molecule has 0 aliphatic heterocycles. The van der Waals surface area contributed by atoms with Gasteiger partial charge in [-0.3, -0.25) is 4.79 Å². The highest BCUT2D eigenvalue weighted by atomic mass is 16.1. The number of hydrogen-bond acceptors (Lipinski definition) is 2. The molecule has 1 rings (SSSR count). The van der Waals surface area contributed by atoms with Crippen LogP contribution in [0.25, 0.3) is 0 Å². The van der Waals surface area contributed by atoms with Crippen LogP contribution >= 0.6 is 0 Å². The minimum atomic E-state index is 0.249. The van der Waals surface area contributed by atoms with E-state index in [2.05, 4.69) is 5.32 Å². The van der Waals surface area contributed by atoms with Crippen LogP contribution in [-0.4, -0.2) is 18.4 Å². The van der Waals surface area contributed by atoms with E-state index in [1.807, 2.05) is 0 Å². The van der Waals surface area contributed by atoms with Gasteiger partial charge >= 0.3 is 0 Å². The molecule has 1 fully saturated rings. The van der Waals surface area contributed by atoms with Crippen molar-refractivity contribution in [2.24, 2.45) is 0 Å². The van der Waals surface area contributed by atoms with Crippen molar-refractivity contribution in [2.45, 2.75) is 51.5 Å². The molecule has 2 heteroatoms. The van der Waals surface area contributed by atoms with Crippen LogP contribution in [0.3, 0.4) is 0 Å². The lowest BCUT2D eigenvalue weighted by atomic mass is 10.1. The zero-order valence-electron chi connectivity index (χ0n) is 7.94. The molecule has 1 aliphatic rings. The highest BCUT2D eigenvalue weighted by Gasteiger charge is 2.11. The van der Waals surface area contributed by atoms with Crippen molar-refractivity contribution in [3.8, 4) is 0 Å². The van der Waals surface area contributed by atoms with Crippen LogP contribution in [0.2, 0.25) is 0 Å². The van der Waals surface area contributed by atoms with Crippen LogP contribution in [-0.2, 0) is 4.79 Å². The maximum absolute atomic E-state index is 10.7. The Kier molecular flexibility index (Phi) is 4.30. The lowest BCUT2D eigenvalue weighted by Gasteiger charge is -2.14. The first kappa shape index (κ1) is 9.72. The van der Waals surface area contributed by atoms with Gasteiger partial charge in [-0.05, 0) is 19.8 Å². The van der Waals surface area contributed by atoms with Crippen LogP contribution in [0.15, 0.2) is 0 Å². The maximum atomic E-state index is 10.7. The lowest BCUT2D eigenvalue weighted by Crippen LogP contribution is -2.32. The molecule has 0 aromatic rings. The molecule has 0 heterocycles. The van der Waals surface area contributed by atoms with Crippen LogP contribution < -0.4 is 5.32 Å². The Morgan fingerprint density at radius 1 is 1.25 bits per heavy atom. The Bertz CT molecular complexity index is 137. The summed E-state index contributed by atoms with van der Waals surface area (Å²) in [5.74, 6) is 0.249. The average Bonchev–Trinajstić information content (AvgIpc) is 2.28. The molecule has 0 bridgehead atoms. The predicted octanol–water partition coefficient (Wildman–Crippen LogP) is 1.89. The molecule has 0 amide bonds. The summed E-state index contributed by atoms with van der Waals surface area (Å²) in [6.07, 6.45) is 7.92. The van der Waals surface area contributed by atoms with E-state index in [9.17, 15) is 4.79 Å². The molecule has 0 aromatic carbocycles. The van der Waals surface area contributed by atoms with E-state index in [0.29, 0.717) is 12.6 Å². The highest BCUT2D eigenvalue weighted by molar-refractivity contribution is 5.77. The summed E-state index contributed by atoms with van der Waals surface area (Å²) in [4.78, 5) is 10.7. The van der Waals surface area contributed by atoms with Crippen LogP contribution in [0.1, 0.15) is 45.4 Å². The van der Waals surface area contributed by atoms with Crippen molar-refractivity contribution in [3.63, 3.8) is 0 Å². The Morgan fingerprint density at radius 3 is 2.33 bits per heavy atom. The third-order valence-electron chi connectivity index (χ3n) is 2.49. The molecule has 12 heavy (non-hydrogen) atoms. The zero-order valence-corrected chi connectivity index (χ0v) is 7.94. The third-order valence-corrected chi connectivity index (χ3v) is 2.49. The fourth-order valence-electron chi connectivity index (χ4n) is 1.77. The summed E-state index contributed by atoms with van der Waals surface area (Å²) in [5, 5.41) is 3.31. The van der Waals surface area contributed by atoms with E-state index >= 15 is 0 Å². The predicted molar refractivity (Wildman–Crippen MR) is 50.2 cm³/mol. The van der Waals surface area contributed by atoms with Gasteiger partial charge in [0.25, 0.3) is 0 Å². The molecule has 0 unspecified atom stereocenters. The van der Waals surface area contributed by atoms with Gasteiger partial charge in [0.2, 0.25) is 0 Å². The first-order chi connectivity index (χ1) is 5.79. The van der Waals surface area contributed by atoms with Crippen molar-refractivity contribution >= 4 is 5.78 Å². The van der Waals surface area contributed by atoms with E-state index in [0.717, 1.165) is 0 Å². The number of rotatable bonds is 3. The molecule has 1 N–H and O–H groups in total. The van der Waals surface area contributed by atoms with Crippen molar-refractivity contribution in [2.75, 3.05) is 6.54 Å². The SMILES string of the molecule is CC(=O)CNC1CCCCCC1. The number of carbonyl (C=O) groups excluding carboxylic acids is 1. The van der Waals surface area contributed by atoms with Gasteiger partial charge in [0.05, 0.1) is 6.54 Å². The van der Waals surface area contributed by atoms with Crippen molar-refractivity contribution in [1.82, 2.24) is 5.32 Å². The fourth-order valence-corrected chi connectivity index (χ4v) is 1.77. The normalized spacial score (nSPS) is 20.4. The standard InChI is InChI=1S/C10H19NO/c1-9(12)8-11-10-6-4-2-3-5-7-10/h10-11H,2-8H2,1H3. The molecule has 0 spiro atoms. The second kappa shape index (κ2) is 5.31. The second-order valence-electron chi connectivity index (χ2n) is 3.77. The van der Waals surface area contributed by atoms with Gasteiger partial charge in [0.1, 0.15) is 5.78 Å². The molecule has 1 saturated carbocycles. The van der Waals surface area contributed by atoms with Crippen LogP contribution in [0, 0.1) is 0 Å². The summed E-state index contributed by atoms with van der Waals surface area (Å²) in [6.45, 7) is 2.20. The Hall–Kier alpha value is -0.370. The van der Waals surface area contributed by atoms with Gasteiger partial charge in [-0.1, -0.05) is 25.7 Å². The minimum absolute atomic E-state index is 0.249. The monoisotopic (exact) mass is 169 g/mol. The molecule has 70 valence electrons. The second-order valence-corrected chi connectivity index (χ2v) is 3.77. The maximum Gasteiger partial charge on any atom is 0.143 e. The zero-order chi connectivity index (χ0) is 8.81. The van der Waals surface area contributed by atoms with Gasteiger partial charge in [0, 0.05) is 6.04 Å². The highest BCUT2D eigenvalue weighted by Crippen LogP contribution is 2.16. The smallest absolute Gasteiger partial charge is 0.143 e.